The molecule has 24 heavy (non-hydrogen) atoms. The average Bonchev–Trinajstić information content (AvgIpc) is 2.48. The smallest absolute Gasteiger partial charge is 0.410 e. The molecule has 140 valence electrons. The zero-order valence-corrected chi connectivity index (χ0v) is 17.1. The van der Waals surface area contributed by atoms with E-state index < -0.39 is 0 Å². The molecule has 2 heterocycles. The van der Waals surface area contributed by atoms with Gasteiger partial charge in [0.2, 0.25) is 0 Å². The summed E-state index contributed by atoms with van der Waals surface area (Å²) in [5.74, 6) is 0. The van der Waals surface area contributed by atoms with Crippen LogP contribution in [0.5, 0.6) is 0 Å². The third-order valence-electron chi connectivity index (χ3n) is 3.16. The minimum Gasteiger partial charge on any atom is -0.444 e. The number of carbonyl (C=O) groups excluding carboxylic acids is 1. The molecule has 1 aromatic heterocycles. The maximum absolute atomic E-state index is 11.5. The number of amides is 1. The minimum atomic E-state index is -0.367. The third-order valence-corrected chi connectivity index (χ3v) is 3.16. The van der Waals surface area contributed by atoms with Gasteiger partial charge in [0, 0.05) is 25.0 Å². The second-order valence-corrected chi connectivity index (χ2v) is 6.49. The van der Waals surface area contributed by atoms with Crippen molar-refractivity contribution in [1.29, 1.82) is 0 Å². The van der Waals surface area contributed by atoms with Crippen LogP contribution in [-0.4, -0.2) is 39.8 Å². The average molecular weight is 377 g/mol. The van der Waals surface area contributed by atoms with Crippen molar-refractivity contribution in [2.75, 3.05) is 13.1 Å². The molecule has 5 nitrogen and oxygen atoms in total. The number of aliphatic hydroxyl groups excluding tert-OH is 1. The van der Waals surface area contributed by atoms with E-state index in [2.05, 4.69) is 4.98 Å². The van der Waals surface area contributed by atoms with Crippen LogP contribution in [0.1, 0.15) is 51.3 Å². The normalized spacial score (nSPS) is 13.6. The van der Waals surface area contributed by atoms with Gasteiger partial charge in [-0.15, -0.1) is 0 Å². The Hall–Kier alpha value is -0.920. The van der Waals surface area contributed by atoms with Crippen molar-refractivity contribution in [3.63, 3.8) is 0 Å². The molecule has 0 aromatic carbocycles. The molecule has 0 bridgehead atoms. The Morgan fingerprint density at radius 1 is 1.21 bits per heavy atom. The van der Waals surface area contributed by atoms with E-state index in [1.165, 1.54) is 6.42 Å². The van der Waals surface area contributed by atoms with Gasteiger partial charge in [0.05, 0.1) is 6.61 Å². The first kappa shape index (κ1) is 25.3. The summed E-state index contributed by atoms with van der Waals surface area (Å²) in [5.41, 5.74) is 1.47. The van der Waals surface area contributed by atoms with E-state index in [4.69, 9.17) is 9.84 Å². The third kappa shape index (κ3) is 10.8. The molecule has 0 aliphatic carbocycles. The number of ether oxygens (including phenoxy) is 1. The lowest BCUT2D eigenvalue weighted by Crippen LogP contribution is -2.39. The van der Waals surface area contributed by atoms with Gasteiger partial charge < -0.3 is 14.7 Å². The van der Waals surface area contributed by atoms with Crippen molar-refractivity contribution in [1.82, 2.24) is 9.88 Å². The Labute approximate surface area is 159 Å². The standard InChI is InChI=1S/C10H19NO2.C7H9NO.2H2S/c1-10(2,3)13-9(12)11-7-5-4-6-8-11;1-6-2-3-7(5-9)4-8-6;;/h4-8H2,1-3H3;2-4,9H,5H2,1H3;2*1H2. The van der Waals surface area contributed by atoms with E-state index in [1.54, 1.807) is 11.1 Å². The van der Waals surface area contributed by atoms with E-state index in [-0.39, 0.29) is 45.3 Å². The first-order valence-electron chi connectivity index (χ1n) is 7.82. The second-order valence-electron chi connectivity index (χ2n) is 6.49. The van der Waals surface area contributed by atoms with Crippen LogP contribution in [0.15, 0.2) is 18.3 Å². The molecular weight excluding hydrogens is 344 g/mol. The van der Waals surface area contributed by atoms with E-state index >= 15 is 0 Å². The molecule has 0 saturated carbocycles. The highest BCUT2D eigenvalue weighted by Gasteiger charge is 2.22. The molecule has 1 saturated heterocycles. The van der Waals surface area contributed by atoms with Gasteiger partial charge >= 0.3 is 6.09 Å². The number of carbonyl (C=O) groups is 1. The number of pyridine rings is 1. The van der Waals surface area contributed by atoms with Crippen LogP contribution in [0.4, 0.5) is 4.79 Å². The van der Waals surface area contributed by atoms with Crippen molar-refractivity contribution in [2.24, 2.45) is 0 Å². The van der Waals surface area contributed by atoms with Crippen LogP contribution in [0, 0.1) is 6.92 Å². The van der Waals surface area contributed by atoms with Crippen LogP contribution in [0.3, 0.4) is 0 Å². The summed E-state index contributed by atoms with van der Waals surface area (Å²) < 4.78 is 5.26. The van der Waals surface area contributed by atoms with Crippen molar-refractivity contribution >= 4 is 33.1 Å². The second kappa shape index (κ2) is 12.4. The molecule has 1 N–H and O–H groups in total. The Morgan fingerprint density at radius 3 is 2.21 bits per heavy atom. The molecule has 2 rings (SSSR count). The van der Waals surface area contributed by atoms with E-state index in [0.717, 1.165) is 37.2 Å². The summed E-state index contributed by atoms with van der Waals surface area (Å²) in [5, 5.41) is 8.59. The fourth-order valence-electron chi connectivity index (χ4n) is 1.99. The lowest BCUT2D eigenvalue weighted by Gasteiger charge is -2.29. The predicted molar refractivity (Wildman–Crippen MR) is 107 cm³/mol. The highest BCUT2D eigenvalue weighted by atomic mass is 32.1. The van der Waals surface area contributed by atoms with Crippen molar-refractivity contribution in [2.45, 2.75) is 59.2 Å². The van der Waals surface area contributed by atoms with Gasteiger partial charge in [0.15, 0.2) is 0 Å². The molecular formula is C17H32N2O3S2. The van der Waals surface area contributed by atoms with Gasteiger partial charge in [-0.05, 0) is 58.6 Å². The summed E-state index contributed by atoms with van der Waals surface area (Å²) in [6.45, 7) is 9.40. The number of nitrogens with zero attached hydrogens (tertiary/aromatic N) is 2. The highest BCUT2D eigenvalue weighted by molar-refractivity contribution is 7.59. The Balaban J connectivity index is 0. The number of piperidine rings is 1. The zero-order valence-electron chi connectivity index (χ0n) is 15.1. The van der Waals surface area contributed by atoms with E-state index in [0.29, 0.717) is 0 Å². The van der Waals surface area contributed by atoms with Crippen LogP contribution in [0.2, 0.25) is 0 Å². The van der Waals surface area contributed by atoms with Crippen LogP contribution >= 0.6 is 27.0 Å². The number of hydrogen-bond acceptors (Lipinski definition) is 4. The number of aryl methyl sites for hydroxylation is 1. The molecule has 0 atom stereocenters. The molecule has 1 fully saturated rings. The van der Waals surface area contributed by atoms with Gasteiger partial charge in [-0.1, -0.05) is 6.07 Å². The fraction of sp³-hybridized carbons (Fsp3) is 0.647. The van der Waals surface area contributed by atoms with Crippen molar-refractivity contribution < 1.29 is 14.6 Å². The SMILES string of the molecule is CC(C)(C)OC(=O)N1CCCCC1.Cc1ccc(CO)cn1.S.S. The minimum absolute atomic E-state index is 0. The van der Waals surface area contributed by atoms with Gasteiger partial charge in [-0.3, -0.25) is 4.98 Å². The topological polar surface area (TPSA) is 62.7 Å². The Kier molecular flexibility index (Phi) is 13.1. The molecule has 1 aliphatic rings. The lowest BCUT2D eigenvalue weighted by atomic mass is 10.1. The van der Waals surface area contributed by atoms with Gasteiger partial charge in [0.1, 0.15) is 5.60 Å². The summed E-state index contributed by atoms with van der Waals surface area (Å²) in [4.78, 5) is 17.3. The monoisotopic (exact) mass is 376 g/mol. The molecule has 1 amide bonds. The number of rotatable bonds is 1. The maximum atomic E-state index is 11.5. The first-order valence-corrected chi connectivity index (χ1v) is 7.82. The summed E-state index contributed by atoms with van der Waals surface area (Å²) in [6.07, 6.45) is 4.97. The molecule has 1 aromatic rings. The van der Waals surface area contributed by atoms with Gasteiger partial charge in [-0.2, -0.15) is 27.0 Å². The Bertz CT molecular complexity index is 456. The molecule has 0 unspecified atom stereocenters. The maximum Gasteiger partial charge on any atom is 0.410 e. The largest absolute Gasteiger partial charge is 0.444 e. The Morgan fingerprint density at radius 2 is 1.79 bits per heavy atom. The number of likely N-dealkylation sites (tertiary alicyclic amines) is 1. The number of hydrogen-bond donors (Lipinski definition) is 1. The molecule has 0 radical (unpaired) electrons. The fourth-order valence-corrected chi connectivity index (χ4v) is 1.99. The predicted octanol–water partition coefficient (Wildman–Crippen LogP) is 3.52. The highest BCUT2D eigenvalue weighted by Crippen LogP contribution is 2.14. The molecule has 1 aliphatic heterocycles. The van der Waals surface area contributed by atoms with Gasteiger partial charge in [0.25, 0.3) is 0 Å². The summed E-state index contributed by atoms with van der Waals surface area (Å²) in [7, 11) is 0. The summed E-state index contributed by atoms with van der Waals surface area (Å²) >= 11 is 0. The number of aromatic nitrogens is 1. The van der Waals surface area contributed by atoms with Crippen molar-refractivity contribution in [3.05, 3.63) is 29.6 Å². The van der Waals surface area contributed by atoms with Gasteiger partial charge in [-0.25, -0.2) is 4.79 Å². The number of aliphatic hydroxyl groups is 1. The van der Waals surface area contributed by atoms with Crippen LogP contribution in [0.25, 0.3) is 0 Å². The lowest BCUT2D eigenvalue weighted by molar-refractivity contribution is 0.0216. The van der Waals surface area contributed by atoms with E-state index in [1.807, 2.05) is 39.8 Å². The van der Waals surface area contributed by atoms with E-state index in [9.17, 15) is 4.79 Å². The van der Waals surface area contributed by atoms with Crippen LogP contribution < -0.4 is 0 Å². The molecule has 7 heteroatoms. The van der Waals surface area contributed by atoms with Crippen molar-refractivity contribution in [3.8, 4) is 0 Å². The first-order chi connectivity index (χ1) is 10.3. The van der Waals surface area contributed by atoms with Crippen LogP contribution in [-0.2, 0) is 11.3 Å². The summed E-state index contributed by atoms with van der Waals surface area (Å²) in [6, 6.07) is 3.74. The zero-order chi connectivity index (χ0) is 16.6. The molecule has 0 spiro atoms. The quantitative estimate of drug-likeness (QED) is 0.815.